The van der Waals surface area contributed by atoms with Crippen LogP contribution in [0.25, 0.3) is 11.1 Å². The van der Waals surface area contributed by atoms with E-state index < -0.39 is 11.7 Å². The number of anilines is 1. The molecule has 0 fully saturated rings. The lowest BCUT2D eigenvalue weighted by molar-refractivity contribution is -0.137. The summed E-state index contributed by atoms with van der Waals surface area (Å²) in [6, 6.07) is 16.6. The van der Waals surface area contributed by atoms with Gasteiger partial charge in [-0.3, -0.25) is 4.79 Å². The topological polar surface area (TPSA) is 38.3 Å². The Morgan fingerprint density at radius 1 is 1.00 bits per heavy atom. The number of alkyl halides is 3. The number of carbonyl (C=O) groups is 1. The van der Waals surface area contributed by atoms with Crippen molar-refractivity contribution >= 4 is 34.2 Å². The average molecular weight is 497 g/mol. The number of ether oxygens (including phenoxy) is 1. The Balaban J connectivity index is 1.83. The monoisotopic (exact) mass is 497 g/mol. The summed E-state index contributed by atoms with van der Waals surface area (Å²) in [5, 5.41) is 2.75. The maximum absolute atomic E-state index is 13.2. The van der Waals surface area contributed by atoms with Crippen molar-refractivity contribution in [3.05, 3.63) is 81.4 Å². The van der Waals surface area contributed by atoms with Crippen LogP contribution in [0.2, 0.25) is 0 Å². The molecule has 1 N–H and O–H groups in total. The minimum Gasteiger partial charge on any atom is -0.496 e. The van der Waals surface area contributed by atoms with Gasteiger partial charge in [0.15, 0.2) is 0 Å². The maximum Gasteiger partial charge on any atom is 0.417 e. The highest BCUT2D eigenvalue weighted by molar-refractivity contribution is 14.1. The van der Waals surface area contributed by atoms with Crippen LogP contribution in [-0.4, -0.2) is 13.0 Å². The zero-order chi connectivity index (χ0) is 20.3. The van der Waals surface area contributed by atoms with Crippen LogP contribution in [0.15, 0.2) is 66.7 Å². The Bertz CT molecular complexity index is 1000. The molecule has 28 heavy (non-hydrogen) atoms. The summed E-state index contributed by atoms with van der Waals surface area (Å²) in [5.41, 5.74) is 0.655. The lowest BCUT2D eigenvalue weighted by atomic mass is 9.98. The minimum atomic E-state index is -4.45. The highest BCUT2D eigenvalue weighted by atomic mass is 127. The van der Waals surface area contributed by atoms with E-state index in [-0.39, 0.29) is 11.5 Å². The van der Waals surface area contributed by atoms with Crippen LogP contribution in [-0.2, 0) is 6.18 Å². The Morgan fingerprint density at radius 2 is 1.68 bits per heavy atom. The second-order valence-corrected chi connectivity index (χ2v) is 7.09. The molecule has 0 bridgehead atoms. The number of methoxy groups -OCH3 is 1. The van der Waals surface area contributed by atoms with Gasteiger partial charge in [0.25, 0.3) is 5.91 Å². The third-order valence-electron chi connectivity index (χ3n) is 4.10. The summed E-state index contributed by atoms with van der Waals surface area (Å²) in [6.45, 7) is 0. The molecule has 1 amide bonds. The van der Waals surface area contributed by atoms with Gasteiger partial charge in [-0.1, -0.05) is 30.3 Å². The molecule has 0 aromatic heterocycles. The molecule has 3 aromatic carbocycles. The number of rotatable bonds is 4. The van der Waals surface area contributed by atoms with Gasteiger partial charge in [0.2, 0.25) is 0 Å². The van der Waals surface area contributed by atoms with E-state index in [1.165, 1.54) is 36.4 Å². The number of amides is 1. The van der Waals surface area contributed by atoms with Gasteiger partial charge in [-0.05, 0) is 64.0 Å². The van der Waals surface area contributed by atoms with Gasteiger partial charge in [0.1, 0.15) is 5.75 Å². The van der Waals surface area contributed by atoms with E-state index in [0.717, 1.165) is 9.64 Å². The SMILES string of the molecule is COc1cc(NC(=O)c2ccc(-c3ccccc3C(F)(F)F)cc2)ccc1I. The van der Waals surface area contributed by atoms with Crippen molar-refractivity contribution in [3.8, 4) is 16.9 Å². The van der Waals surface area contributed by atoms with Gasteiger partial charge in [-0.15, -0.1) is 0 Å². The summed E-state index contributed by atoms with van der Waals surface area (Å²) < 4.78 is 45.7. The molecule has 0 heterocycles. The molecule has 0 aliphatic carbocycles. The molecule has 0 radical (unpaired) electrons. The van der Waals surface area contributed by atoms with Gasteiger partial charge in [0.05, 0.1) is 16.2 Å². The van der Waals surface area contributed by atoms with Crippen molar-refractivity contribution in [3.63, 3.8) is 0 Å². The fraction of sp³-hybridized carbons (Fsp3) is 0.0952. The minimum absolute atomic E-state index is 0.0735. The third-order valence-corrected chi connectivity index (χ3v) is 4.99. The molecular weight excluding hydrogens is 482 g/mol. The summed E-state index contributed by atoms with van der Waals surface area (Å²) >= 11 is 2.12. The van der Waals surface area contributed by atoms with Crippen molar-refractivity contribution in [1.82, 2.24) is 0 Å². The second-order valence-electron chi connectivity index (χ2n) is 5.92. The molecule has 0 spiro atoms. The molecule has 3 nitrogen and oxygen atoms in total. The molecule has 0 atom stereocenters. The first-order chi connectivity index (χ1) is 13.3. The quantitative estimate of drug-likeness (QED) is 0.434. The van der Waals surface area contributed by atoms with Gasteiger partial charge in [-0.25, -0.2) is 0 Å². The van der Waals surface area contributed by atoms with Crippen LogP contribution < -0.4 is 10.1 Å². The van der Waals surface area contributed by atoms with Gasteiger partial charge in [-0.2, -0.15) is 13.2 Å². The van der Waals surface area contributed by atoms with E-state index in [2.05, 4.69) is 27.9 Å². The lowest BCUT2D eigenvalue weighted by Gasteiger charge is -2.13. The van der Waals surface area contributed by atoms with E-state index in [0.29, 0.717) is 22.6 Å². The van der Waals surface area contributed by atoms with Gasteiger partial charge >= 0.3 is 6.18 Å². The van der Waals surface area contributed by atoms with Crippen LogP contribution in [0.1, 0.15) is 15.9 Å². The summed E-state index contributed by atoms with van der Waals surface area (Å²) in [7, 11) is 1.54. The van der Waals surface area contributed by atoms with E-state index in [4.69, 9.17) is 4.74 Å². The molecule has 3 aromatic rings. The van der Waals surface area contributed by atoms with Crippen molar-refractivity contribution in [2.75, 3.05) is 12.4 Å². The lowest BCUT2D eigenvalue weighted by Crippen LogP contribution is -2.12. The first kappa shape index (κ1) is 20.2. The summed E-state index contributed by atoms with van der Waals surface area (Å²) in [4.78, 5) is 12.4. The first-order valence-corrected chi connectivity index (χ1v) is 9.29. The van der Waals surface area contributed by atoms with E-state index in [1.807, 2.05) is 6.07 Å². The van der Waals surface area contributed by atoms with Crippen LogP contribution >= 0.6 is 22.6 Å². The Kier molecular flexibility index (Phi) is 5.93. The standard InChI is InChI=1S/C21H15F3INO2/c1-28-19-12-15(10-11-18(19)25)26-20(27)14-8-6-13(7-9-14)16-4-2-3-5-17(16)21(22,23)24/h2-12H,1H3,(H,26,27). The van der Waals surface area contributed by atoms with Gasteiger partial charge in [0, 0.05) is 17.3 Å². The fourth-order valence-electron chi connectivity index (χ4n) is 2.72. The van der Waals surface area contributed by atoms with Crippen molar-refractivity contribution in [1.29, 1.82) is 0 Å². The molecule has 3 rings (SSSR count). The first-order valence-electron chi connectivity index (χ1n) is 8.21. The molecule has 0 saturated heterocycles. The van der Waals surface area contributed by atoms with Crippen LogP contribution in [0.5, 0.6) is 5.75 Å². The third kappa shape index (κ3) is 4.46. The number of hydrogen-bond acceptors (Lipinski definition) is 2. The summed E-state index contributed by atoms with van der Waals surface area (Å²) in [6.07, 6.45) is -4.45. The molecule has 0 aliphatic rings. The molecule has 0 unspecified atom stereocenters. The van der Waals surface area contributed by atoms with E-state index in [9.17, 15) is 18.0 Å². The van der Waals surface area contributed by atoms with E-state index >= 15 is 0 Å². The number of hydrogen-bond donors (Lipinski definition) is 1. The van der Waals surface area contributed by atoms with Gasteiger partial charge < -0.3 is 10.1 Å². The predicted molar refractivity (Wildman–Crippen MR) is 111 cm³/mol. The van der Waals surface area contributed by atoms with Crippen LogP contribution in [0.3, 0.4) is 0 Å². The maximum atomic E-state index is 13.2. The molecule has 144 valence electrons. The molecule has 0 aliphatic heterocycles. The Hall–Kier alpha value is -2.55. The van der Waals surface area contributed by atoms with Crippen molar-refractivity contribution in [2.45, 2.75) is 6.18 Å². The van der Waals surface area contributed by atoms with E-state index in [1.54, 1.807) is 25.3 Å². The fourth-order valence-corrected chi connectivity index (χ4v) is 3.28. The molecule has 0 saturated carbocycles. The average Bonchev–Trinajstić information content (AvgIpc) is 2.69. The second kappa shape index (κ2) is 8.22. The smallest absolute Gasteiger partial charge is 0.417 e. The Morgan fingerprint density at radius 3 is 2.32 bits per heavy atom. The largest absolute Gasteiger partial charge is 0.496 e. The van der Waals surface area contributed by atoms with Crippen molar-refractivity contribution in [2.24, 2.45) is 0 Å². The zero-order valence-electron chi connectivity index (χ0n) is 14.7. The Labute approximate surface area is 173 Å². The normalized spacial score (nSPS) is 11.2. The van der Waals surface area contributed by atoms with Crippen LogP contribution in [0, 0.1) is 3.57 Å². The zero-order valence-corrected chi connectivity index (χ0v) is 16.8. The highest BCUT2D eigenvalue weighted by Crippen LogP contribution is 2.37. The van der Waals surface area contributed by atoms with Crippen molar-refractivity contribution < 1.29 is 22.7 Å². The van der Waals surface area contributed by atoms with Crippen LogP contribution in [0.4, 0.5) is 18.9 Å². The predicted octanol–water partition coefficient (Wildman–Crippen LogP) is 6.24. The number of benzene rings is 3. The summed E-state index contributed by atoms with van der Waals surface area (Å²) in [5.74, 6) is 0.274. The number of halogens is 4. The highest BCUT2D eigenvalue weighted by Gasteiger charge is 2.33. The molecule has 7 heteroatoms. The molecular formula is C21H15F3INO2. The number of carbonyl (C=O) groups excluding carboxylic acids is 1. The number of nitrogens with one attached hydrogen (secondary N) is 1.